The highest BCUT2D eigenvalue weighted by Crippen LogP contribution is 2.35. The van der Waals surface area contributed by atoms with Crippen molar-refractivity contribution in [2.75, 3.05) is 7.11 Å². The van der Waals surface area contributed by atoms with Crippen LogP contribution in [0.3, 0.4) is 0 Å². The molecule has 1 atom stereocenters. The smallest absolute Gasteiger partial charge is 0.253 e. The molecule has 0 spiro atoms. The molecule has 1 fully saturated rings. The minimum Gasteiger partial charge on any atom is -0.497 e. The van der Waals surface area contributed by atoms with Gasteiger partial charge in [0.1, 0.15) is 11.8 Å². The Morgan fingerprint density at radius 1 is 1.02 bits per heavy atom. The minimum atomic E-state index is -0.494. The van der Waals surface area contributed by atoms with E-state index in [0.717, 1.165) is 59.9 Å². The van der Waals surface area contributed by atoms with E-state index in [0.29, 0.717) is 24.5 Å². The lowest BCUT2D eigenvalue weighted by molar-refractivity contribution is 0.190. The quantitative estimate of drug-likeness (QED) is 0.249. The summed E-state index contributed by atoms with van der Waals surface area (Å²) >= 11 is 0. The summed E-state index contributed by atoms with van der Waals surface area (Å²) in [5.74, 6) is 1.48. The number of methoxy groups -OCH3 is 1. The van der Waals surface area contributed by atoms with Crippen LogP contribution in [0, 0.1) is 0 Å². The highest BCUT2D eigenvalue weighted by Gasteiger charge is 2.33. The molecule has 210 valence electrons. The van der Waals surface area contributed by atoms with Crippen LogP contribution >= 0.6 is 0 Å². The van der Waals surface area contributed by atoms with Gasteiger partial charge in [-0.2, -0.15) is 0 Å². The molecule has 0 aliphatic heterocycles. The average molecular weight is 550 g/mol. The van der Waals surface area contributed by atoms with Crippen LogP contribution in [0.25, 0.3) is 10.9 Å². The van der Waals surface area contributed by atoms with E-state index in [2.05, 4.69) is 67.6 Å². The number of hydrogen-bond donors (Lipinski definition) is 1. The van der Waals surface area contributed by atoms with Crippen LogP contribution in [0.1, 0.15) is 72.8 Å². The number of aromatic nitrogens is 6. The molecule has 1 aliphatic carbocycles. The zero-order chi connectivity index (χ0) is 28.2. The summed E-state index contributed by atoms with van der Waals surface area (Å²) < 4.78 is 7.36. The van der Waals surface area contributed by atoms with Gasteiger partial charge in [0.25, 0.3) is 5.56 Å². The summed E-state index contributed by atoms with van der Waals surface area (Å²) in [5, 5.41) is 14.2. The van der Waals surface area contributed by atoms with Gasteiger partial charge in [-0.15, -0.1) is 5.10 Å². The van der Waals surface area contributed by atoms with Crippen LogP contribution in [0.2, 0.25) is 0 Å². The van der Waals surface area contributed by atoms with Crippen molar-refractivity contribution >= 4 is 10.9 Å². The molecule has 9 heteroatoms. The van der Waals surface area contributed by atoms with Gasteiger partial charge in [-0.25, -0.2) is 4.68 Å². The lowest BCUT2D eigenvalue weighted by atomic mass is 10.00. The summed E-state index contributed by atoms with van der Waals surface area (Å²) in [6.45, 7) is 3.25. The van der Waals surface area contributed by atoms with E-state index in [4.69, 9.17) is 4.74 Å². The number of nitrogens with zero attached hydrogens (tertiary/aromatic N) is 6. The molecule has 0 saturated heterocycles. The summed E-state index contributed by atoms with van der Waals surface area (Å²) in [7, 11) is 1.67. The number of hydrogen-bond acceptors (Lipinski definition) is 7. The molecular weight excluding hydrogens is 514 g/mol. The molecular formula is C32H35N7O2. The Hall–Kier alpha value is -4.37. The van der Waals surface area contributed by atoms with Gasteiger partial charge in [-0.3, -0.25) is 14.7 Å². The first kappa shape index (κ1) is 26.8. The minimum absolute atomic E-state index is 0.140. The first-order valence-electron chi connectivity index (χ1n) is 14.3. The molecule has 0 radical (unpaired) electrons. The molecule has 1 saturated carbocycles. The van der Waals surface area contributed by atoms with Crippen LogP contribution < -0.4 is 10.3 Å². The van der Waals surface area contributed by atoms with Crippen LogP contribution in [0.5, 0.6) is 5.75 Å². The molecule has 41 heavy (non-hydrogen) atoms. The number of fused-ring (bicyclic) bond motifs is 1. The van der Waals surface area contributed by atoms with Gasteiger partial charge in [-0.1, -0.05) is 44.0 Å². The molecule has 0 amide bonds. The second-order valence-corrected chi connectivity index (χ2v) is 10.8. The molecule has 1 aliphatic rings. The maximum absolute atomic E-state index is 13.9. The molecule has 3 aromatic heterocycles. The highest BCUT2D eigenvalue weighted by molar-refractivity contribution is 5.80. The number of aromatic amines is 1. The maximum Gasteiger partial charge on any atom is 0.253 e. The Kier molecular flexibility index (Phi) is 7.86. The standard InChI is InChI=1S/C32H35N7O2/c1-3-22-12-15-29-25(17-22)18-28(32(40)34-29)30(31-35-36-37-39(31)26-8-4-5-9-26)38(21-24-7-6-16-33-19-24)20-23-10-13-27(41-2)14-11-23/h6-7,10-19,26,30H,3-5,8-9,20-21H2,1-2H3,(H,34,40)/t30-/m0/s1. The van der Waals surface area contributed by atoms with E-state index in [-0.39, 0.29) is 11.6 Å². The van der Waals surface area contributed by atoms with E-state index in [1.54, 1.807) is 13.3 Å². The number of nitrogens with one attached hydrogen (secondary N) is 1. The van der Waals surface area contributed by atoms with E-state index < -0.39 is 6.04 Å². The fraction of sp³-hybridized carbons (Fsp3) is 0.344. The number of rotatable bonds is 10. The second kappa shape index (κ2) is 12.0. The van der Waals surface area contributed by atoms with E-state index >= 15 is 0 Å². The molecule has 1 N–H and O–H groups in total. The zero-order valence-corrected chi connectivity index (χ0v) is 23.5. The summed E-state index contributed by atoms with van der Waals surface area (Å²) in [4.78, 5) is 23.6. The van der Waals surface area contributed by atoms with Gasteiger partial charge in [0, 0.05) is 36.6 Å². The van der Waals surface area contributed by atoms with Crippen molar-refractivity contribution in [3.05, 3.63) is 111 Å². The number of tetrazole rings is 1. The maximum atomic E-state index is 13.9. The van der Waals surface area contributed by atoms with Crippen LogP contribution in [-0.4, -0.2) is 42.2 Å². The Labute approximate surface area is 239 Å². The number of benzene rings is 2. The Balaban J connectivity index is 1.52. The normalized spacial score (nSPS) is 14.6. The molecule has 3 heterocycles. The highest BCUT2D eigenvalue weighted by atomic mass is 16.5. The van der Waals surface area contributed by atoms with Crippen LogP contribution in [0.15, 0.2) is 77.9 Å². The van der Waals surface area contributed by atoms with Crippen molar-refractivity contribution in [1.29, 1.82) is 0 Å². The predicted molar refractivity (Wildman–Crippen MR) is 158 cm³/mol. The number of aryl methyl sites for hydroxylation is 1. The lowest BCUT2D eigenvalue weighted by Crippen LogP contribution is -2.35. The van der Waals surface area contributed by atoms with Crippen molar-refractivity contribution in [1.82, 2.24) is 35.1 Å². The van der Waals surface area contributed by atoms with Gasteiger partial charge in [-0.05, 0) is 88.2 Å². The number of H-pyrrole nitrogens is 1. The van der Waals surface area contributed by atoms with Crippen molar-refractivity contribution in [2.45, 2.75) is 64.2 Å². The lowest BCUT2D eigenvalue weighted by Gasteiger charge is -2.32. The fourth-order valence-electron chi connectivity index (χ4n) is 5.91. The van der Waals surface area contributed by atoms with Crippen LogP contribution in [-0.2, 0) is 19.5 Å². The number of pyridine rings is 2. The average Bonchev–Trinajstić information content (AvgIpc) is 3.71. The van der Waals surface area contributed by atoms with Crippen molar-refractivity contribution in [2.24, 2.45) is 0 Å². The SMILES string of the molecule is CCc1ccc2[nH]c(=O)c([C@@H](c3nnnn3C3CCCC3)N(Cc3ccc(OC)cc3)Cc3cccnc3)cc2c1. The van der Waals surface area contributed by atoms with Gasteiger partial charge < -0.3 is 9.72 Å². The second-order valence-electron chi connectivity index (χ2n) is 10.8. The molecule has 0 unspecified atom stereocenters. The molecule has 0 bridgehead atoms. The van der Waals surface area contributed by atoms with Crippen molar-refractivity contribution in [3.8, 4) is 5.75 Å². The Bertz CT molecular complexity index is 1660. The first-order chi connectivity index (χ1) is 20.1. The molecule has 9 nitrogen and oxygen atoms in total. The third-order valence-corrected chi connectivity index (χ3v) is 8.09. The summed E-state index contributed by atoms with van der Waals surface area (Å²) in [6.07, 6.45) is 8.91. The van der Waals surface area contributed by atoms with Gasteiger partial charge in [0.15, 0.2) is 5.82 Å². The largest absolute Gasteiger partial charge is 0.497 e. The van der Waals surface area contributed by atoms with Crippen molar-refractivity contribution < 1.29 is 4.74 Å². The van der Waals surface area contributed by atoms with E-state index in [1.807, 2.05) is 41.2 Å². The summed E-state index contributed by atoms with van der Waals surface area (Å²) in [6, 6.07) is 20.0. The Morgan fingerprint density at radius 2 is 1.80 bits per heavy atom. The fourth-order valence-corrected chi connectivity index (χ4v) is 5.91. The predicted octanol–water partition coefficient (Wildman–Crippen LogP) is 5.39. The third-order valence-electron chi connectivity index (χ3n) is 8.09. The third kappa shape index (κ3) is 5.76. The summed E-state index contributed by atoms with van der Waals surface area (Å²) in [5.41, 5.74) is 4.64. The Morgan fingerprint density at radius 3 is 2.54 bits per heavy atom. The zero-order valence-electron chi connectivity index (χ0n) is 23.5. The van der Waals surface area contributed by atoms with E-state index in [1.165, 1.54) is 5.56 Å². The molecule has 5 aromatic rings. The first-order valence-corrected chi connectivity index (χ1v) is 14.3. The van der Waals surface area contributed by atoms with Gasteiger partial charge >= 0.3 is 0 Å². The van der Waals surface area contributed by atoms with Crippen molar-refractivity contribution in [3.63, 3.8) is 0 Å². The number of ether oxygens (including phenoxy) is 1. The van der Waals surface area contributed by atoms with E-state index in [9.17, 15) is 4.79 Å². The molecule has 6 rings (SSSR count). The van der Waals surface area contributed by atoms with Crippen LogP contribution in [0.4, 0.5) is 0 Å². The topological polar surface area (TPSA) is 102 Å². The monoisotopic (exact) mass is 549 g/mol. The molecule has 2 aromatic carbocycles. The van der Waals surface area contributed by atoms with Gasteiger partial charge in [0.2, 0.25) is 0 Å². The van der Waals surface area contributed by atoms with Gasteiger partial charge in [0.05, 0.1) is 13.2 Å².